The Morgan fingerprint density at radius 1 is 1.12 bits per heavy atom. The molecule has 8 nitrogen and oxygen atoms in total. The van der Waals surface area contributed by atoms with Crippen molar-refractivity contribution in [2.24, 2.45) is 23.4 Å². The lowest BCUT2D eigenvalue weighted by Gasteiger charge is -2.32. The summed E-state index contributed by atoms with van der Waals surface area (Å²) in [7, 11) is 0. The molecule has 184 valence electrons. The van der Waals surface area contributed by atoms with Gasteiger partial charge in [-0.3, -0.25) is 19.4 Å². The summed E-state index contributed by atoms with van der Waals surface area (Å²) in [5.74, 6) is 3.41. The molecule has 0 bridgehead atoms. The molecule has 1 aliphatic heterocycles. The molecule has 2 aromatic carbocycles. The normalized spacial score (nSPS) is 14.9. The van der Waals surface area contributed by atoms with E-state index in [1.54, 1.807) is 23.6 Å². The average molecular weight is 507 g/mol. The van der Waals surface area contributed by atoms with Gasteiger partial charge in [-0.25, -0.2) is 5.84 Å². The van der Waals surface area contributed by atoms with Crippen molar-refractivity contribution in [3.63, 3.8) is 0 Å². The summed E-state index contributed by atoms with van der Waals surface area (Å²) in [6, 6.07) is 17.0. The molecular formula is C24H31ClN4O4S. The number of amides is 3. The molecule has 1 aliphatic rings. The fourth-order valence-electron chi connectivity index (χ4n) is 3.74. The predicted octanol–water partition coefficient (Wildman–Crippen LogP) is 2.59. The maximum Gasteiger partial charge on any atom is 0.242 e. The molecule has 3 amide bonds. The number of nitrogens with zero attached hydrogens (tertiary/aromatic N) is 2. The maximum absolute atomic E-state index is 13.1. The Balaban J connectivity index is 0.00000408. The van der Waals surface area contributed by atoms with E-state index in [2.05, 4.69) is 0 Å². The quantitative estimate of drug-likeness (QED) is 0.290. The van der Waals surface area contributed by atoms with E-state index in [0.717, 1.165) is 15.5 Å². The van der Waals surface area contributed by atoms with Crippen LogP contribution in [0.3, 0.4) is 0 Å². The second-order valence-corrected chi connectivity index (χ2v) is 8.95. The van der Waals surface area contributed by atoms with Crippen LogP contribution in [0.25, 0.3) is 0 Å². The van der Waals surface area contributed by atoms with Crippen LogP contribution >= 0.6 is 24.2 Å². The van der Waals surface area contributed by atoms with Crippen molar-refractivity contribution in [2.75, 3.05) is 30.3 Å². The zero-order valence-corrected chi connectivity index (χ0v) is 20.7. The summed E-state index contributed by atoms with van der Waals surface area (Å²) in [4.78, 5) is 41.1. The topological polar surface area (TPSA) is 119 Å². The zero-order chi connectivity index (χ0) is 23.8. The Labute approximate surface area is 210 Å². The molecule has 0 aromatic heterocycles. The van der Waals surface area contributed by atoms with Crippen molar-refractivity contribution >= 4 is 47.6 Å². The number of rotatable bonds is 10. The Kier molecular flexibility index (Phi) is 10.8. The minimum atomic E-state index is -0.967. The van der Waals surface area contributed by atoms with Crippen molar-refractivity contribution in [3.05, 3.63) is 60.2 Å². The van der Waals surface area contributed by atoms with Gasteiger partial charge in [-0.05, 0) is 24.6 Å². The molecule has 0 saturated carbocycles. The molecule has 1 heterocycles. The summed E-state index contributed by atoms with van der Waals surface area (Å²) < 4.78 is 5.82. The van der Waals surface area contributed by atoms with Gasteiger partial charge in [-0.2, -0.15) is 0 Å². The number of anilines is 1. The monoisotopic (exact) mass is 506 g/mol. The molecule has 1 unspecified atom stereocenters. The second-order valence-electron chi connectivity index (χ2n) is 7.81. The summed E-state index contributed by atoms with van der Waals surface area (Å²) in [5, 5.41) is 1.06. The summed E-state index contributed by atoms with van der Waals surface area (Å²) in [6.45, 7) is 2.21. The van der Waals surface area contributed by atoms with E-state index in [-0.39, 0.29) is 44.6 Å². The van der Waals surface area contributed by atoms with Crippen molar-refractivity contribution < 1.29 is 19.1 Å². The van der Waals surface area contributed by atoms with Crippen molar-refractivity contribution in [2.45, 2.75) is 24.8 Å². The van der Waals surface area contributed by atoms with Gasteiger partial charge in [0, 0.05) is 30.2 Å². The molecular weight excluding hydrogens is 476 g/mol. The zero-order valence-electron chi connectivity index (χ0n) is 19.1. The molecule has 2 atom stereocenters. The fourth-order valence-corrected chi connectivity index (χ4v) is 4.74. The molecule has 0 saturated heterocycles. The van der Waals surface area contributed by atoms with E-state index < -0.39 is 23.7 Å². The van der Waals surface area contributed by atoms with E-state index >= 15 is 0 Å². The van der Waals surface area contributed by atoms with Crippen LogP contribution in [0.2, 0.25) is 0 Å². The lowest BCUT2D eigenvalue weighted by molar-refractivity contribution is -0.144. The fraction of sp³-hybridized carbons (Fsp3) is 0.375. The van der Waals surface area contributed by atoms with Gasteiger partial charge < -0.3 is 15.4 Å². The Hall–Kier alpha value is -2.59. The molecule has 0 radical (unpaired) electrons. The summed E-state index contributed by atoms with van der Waals surface area (Å²) in [6.07, 6.45) is 0.325. The summed E-state index contributed by atoms with van der Waals surface area (Å²) >= 11 is 1.59. The largest absolute Gasteiger partial charge is 0.376 e. The van der Waals surface area contributed by atoms with Crippen LogP contribution in [0.1, 0.15) is 18.9 Å². The highest BCUT2D eigenvalue weighted by atomic mass is 35.5. The number of fused-ring (bicyclic) bond motifs is 1. The first-order chi connectivity index (χ1) is 15.9. The van der Waals surface area contributed by atoms with E-state index in [9.17, 15) is 14.4 Å². The SMILES string of the molecule is CCN(N)C(=O)[C@@H](COCc1ccccc1)C(CN1C(=O)CCSc2ccccc21)C(N)=O.Cl. The third-order valence-corrected chi connectivity index (χ3v) is 6.68. The van der Waals surface area contributed by atoms with Crippen molar-refractivity contribution in [3.8, 4) is 0 Å². The molecule has 10 heteroatoms. The molecule has 0 aliphatic carbocycles. The van der Waals surface area contributed by atoms with Crippen LogP contribution in [0.5, 0.6) is 0 Å². The van der Waals surface area contributed by atoms with Crippen molar-refractivity contribution in [1.82, 2.24) is 5.01 Å². The first-order valence-corrected chi connectivity index (χ1v) is 11.9. The third kappa shape index (κ3) is 6.96. The number of nitrogens with two attached hydrogens (primary N) is 2. The predicted molar refractivity (Wildman–Crippen MR) is 135 cm³/mol. The number of halogens is 1. The number of hydrazine groups is 1. The third-order valence-electron chi connectivity index (χ3n) is 5.61. The van der Waals surface area contributed by atoms with Crippen molar-refractivity contribution in [1.29, 1.82) is 0 Å². The molecule has 3 rings (SSSR count). The number of ether oxygens (including phenoxy) is 1. The molecule has 0 spiro atoms. The number of hydrogen-bond acceptors (Lipinski definition) is 6. The number of benzene rings is 2. The van der Waals surface area contributed by atoms with E-state index in [1.807, 2.05) is 54.6 Å². The van der Waals surface area contributed by atoms with E-state index in [4.69, 9.17) is 16.3 Å². The Morgan fingerprint density at radius 3 is 2.47 bits per heavy atom. The number of carbonyl (C=O) groups is 3. The van der Waals surface area contributed by atoms with Crippen LogP contribution in [-0.4, -0.2) is 48.2 Å². The minimum absolute atomic E-state index is 0. The number of carbonyl (C=O) groups excluding carboxylic acids is 3. The minimum Gasteiger partial charge on any atom is -0.376 e. The van der Waals surface area contributed by atoms with Crippen LogP contribution in [0, 0.1) is 11.8 Å². The van der Waals surface area contributed by atoms with Gasteiger partial charge in [0.1, 0.15) is 0 Å². The number of primary amides is 1. The highest BCUT2D eigenvalue weighted by Crippen LogP contribution is 2.35. The van der Waals surface area contributed by atoms with Gasteiger partial charge in [-0.1, -0.05) is 42.5 Å². The molecule has 2 aromatic rings. The van der Waals surface area contributed by atoms with Gasteiger partial charge >= 0.3 is 0 Å². The number of hydrogen-bond donors (Lipinski definition) is 2. The summed E-state index contributed by atoms with van der Waals surface area (Å²) in [5.41, 5.74) is 7.43. The van der Waals surface area contributed by atoms with Crippen LogP contribution in [0.4, 0.5) is 5.69 Å². The molecule has 34 heavy (non-hydrogen) atoms. The number of para-hydroxylation sites is 1. The van der Waals surface area contributed by atoms with E-state index in [1.165, 1.54) is 0 Å². The van der Waals surface area contributed by atoms with Gasteiger partial charge in [0.15, 0.2) is 0 Å². The highest BCUT2D eigenvalue weighted by Gasteiger charge is 2.38. The lowest BCUT2D eigenvalue weighted by atomic mass is 9.90. The average Bonchev–Trinajstić information content (AvgIpc) is 2.98. The van der Waals surface area contributed by atoms with Gasteiger partial charge in [0.25, 0.3) is 0 Å². The standard InChI is InChI=1S/C24H30N4O4S.ClH/c1-2-28(26)24(31)19(16-32-15-17-8-4-3-5-9-17)18(23(25)30)14-27-20-10-6-7-11-21(20)33-13-12-22(27)29;/h3-11,18-19H,2,12-16,26H2,1H3,(H2,25,30);1H/t18?,19-;/m0./s1. The second kappa shape index (κ2) is 13.3. The first kappa shape index (κ1) is 27.7. The van der Waals surface area contributed by atoms with Gasteiger partial charge in [0.2, 0.25) is 17.7 Å². The Bertz CT molecular complexity index is 978. The van der Waals surface area contributed by atoms with Crippen LogP contribution < -0.4 is 16.5 Å². The number of thioether (sulfide) groups is 1. The van der Waals surface area contributed by atoms with E-state index in [0.29, 0.717) is 17.9 Å². The first-order valence-electron chi connectivity index (χ1n) is 10.9. The molecule has 4 N–H and O–H groups in total. The van der Waals surface area contributed by atoms with Gasteiger partial charge in [0.05, 0.1) is 30.7 Å². The van der Waals surface area contributed by atoms with Crippen LogP contribution in [-0.2, 0) is 25.7 Å². The van der Waals surface area contributed by atoms with Crippen LogP contribution in [0.15, 0.2) is 59.5 Å². The van der Waals surface area contributed by atoms with Gasteiger partial charge in [-0.15, -0.1) is 24.2 Å². The highest BCUT2D eigenvalue weighted by molar-refractivity contribution is 7.99. The molecule has 0 fully saturated rings. The lowest BCUT2D eigenvalue weighted by Crippen LogP contribution is -2.51. The smallest absolute Gasteiger partial charge is 0.242 e. The Morgan fingerprint density at radius 2 is 1.79 bits per heavy atom. The maximum atomic E-state index is 13.1.